The number of nitrogens with zero attached hydrogens (tertiary/aromatic N) is 3. The number of nitrogens with one attached hydrogen (secondary N) is 2. The molecule has 0 spiro atoms. The molecule has 0 aliphatic rings. The highest BCUT2D eigenvalue weighted by atomic mass is 35.5. The van der Waals surface area contributed by atoms with Gasteiger partial charge in [0.2, 0.25) is 5.91 Å². The van der Waals surface area contributed by atoms with Gasteiger partial charge in [0.15, 0.2) is 5.16 Å². The van der Waals surface area contributed by atoms with Crippen LogP contribution in [-0.4, -0.2) is 26.3 Å². The minimum Gasteiger partial charge on any atom is -0.325 e. The van der Waals surface area contributed by atoms with E-state index in [0.717, 1.165) is 0 Å². The SMILES string of the molecule is C[C@@H](Sc1ncn[nH]1)C(=O)Nc1ccc(C#N)c(Cl)c1. The number of benzene rings is 1. The molecule has 0 saturated heterocycles. The molecule has 0 unspecified atom stereocenters. The molecule has 6 nitrogen and oxygen atoms in total. The highest BCUT2D eigenvalue weighted by molar-refractivity contribution is 8.00. The van der Waals surface area contributed by atoms with E-state index in [1.54, 1.807) is 25.1 Å². The predicted molar refractivity (Wildman–Crippen MR) is 76.5 cm³/mol. The fourth-order valence-electron chi connectivity index (χ4n) is 1.40. The number of thioether (sulfide) groups is 1. The van der Waals surface area contributed by atoms with Gasteiger partial charge in [-0.1, -0.05) is 23.4 Å². The second kappa shape index (κ2) is 6.41. The summed E-state index contributed by atoms with van der Waals surface area (Å²) in [4.78, 5) is 15.9. The van der Waals surface area contributed by atoms with Crippen LogP contribution in [0.15, 0.2) is 29.7 Å². The Hall–Kier alpha value is -2.04. The molecule has 2 aromatic rings. The standard InChI is InChI=1S/C12H10ClN5OS/c1-7(20-12-15-6-16-18-12)11(19)17-9-3-2-8(5-14)10(13)4-9/h2-4,6-7H,1H3,(H,17,19)(H,15,16,18)/t7-/m1/s1. The summed E-state index contributed by atoms with van der Waals surface area (Å²) in [5, 5.41) is 18.4. The van der Waals surface area contributed by atoms with E-state index in [0.29, 0.717) is 21.4 Å². The average molecular weight is 308 g/mol. The molecular formula is C12H10ClN5OS. The van der Waals surface area contributed by atoms with Crippen LogP contribution in [0.3, 0.4) is 0 Å². The first kappa shape index (κ1) is 14.4. The van der Waals surface area contributed by atoms with Gasteiger partial charge >= 0.3 is 0 Å². The van der Waals surface area contributed by atoms with E-state index in [9.17, 15) is 4.79 Å². The number of aromatic amines is 1. The quantitative estimate of drug-likeness (QED) is 0.846. The molecule has 1 aromatic heterocycles. The van der Waals surface area contributed by atoms with Gasteiger partial charge in [-0.15, -0.1) is 0 Å². The molecule has 102 valence electrons. The van der Waals surface area contributed by atoms with Crippen LogP contribution in [0, 0.1) is 11.3 Å². The highest BCUT2D eigenvalue weighted by Crippen LogP contribution is 2.23. The molecule has 1 aromatic carbocycles. The number of carbonyl (C=O) groups is 1. The van der Waals surface area contributed by atoms with E-state index >= 15 is 0 Å². The fourth-order valence-corrected chi connectivity index (χ4v) is 2.34. The van der Waals surface area contributed by atoms with Crippen molar-refractivity contribution < 1.29 is 4.79 Å². The van der Waals surface area contributed by atoms with Crippen LogP contribution in [0.1, 0.15) is 12.5 Å². The van der Waals surface area contributed by atoms with Crippen LogP contribution in [0.2, 0.25) is 5.02 Å². The Morgan fingerprint density at radius 2 is 2.40 bits per heavy atom. The maximum Gasteiger partial charge on any atom is 0.237 e. The Balaban J connectivity index is 2.00. The molecule has 0 bridgehead atoms. The molecule has 0 radical (unpaired) electrons. The number of amides is 1. The molecule has 1 amide bonds. The molecule has 0 aliphatic heterocycles. The van der Waals surface area contributed by atoms with Crippen molar-refractivity contribution in [1.29, 1.82) is 5.26 Å². The van der Waals surface area contributed by atoms with Crippen LogP contribution in [-0.2, 0) is 4.79 Å². The first-order valence-electron chi connectivity index (χ1n) is 5.62. The number of aromatic nitrogens is 3. The molecule has 0 fully saturated rings. The van der Waals surface area contributed by atoms with Gasteiger partial charge in [0, 0.05) is 5.69 Å². The molecule has 8 heteroatoms. The van der Waals surface area contributed by atoms with E-state index in [2.05, 4.69) is 20.5 Å². The van der Waals surface area contributed by atoms with E-state index < -0.39 is 0 Å². The minimum atomic E-state index is -0.350. The van der Waals surface area contributed by atoms with Gasteiger partial charge in [0.1, 0.15) is 12.4 Å². The third-order valence-electron chi connectivity index (χ3n) is 2.41. The van der Waals surface area contributed by atoms with Crippen LogP contribution in [0.4, 0.5) is 5.69 Å². The molecule has 0 saturated carbocycles. The van der Waals surface area contributed by atoms with Crippen molar-refractivity contribution in [3.8, 4) is 6.07 Å². The van der Waals surface area contributed by atoms with Crippen molar-refractivity contribution in [2.45, 2.75) is 17.3 Å². The zero-order valence-corrected chi connectivity index (χ0v) is 12.0. The Labute approximate surface area is 124 Å². The summed E-state index contributed by atoms with van der Waals surface area (Å²) in [6.07, 6.45) is 1.38. The van der Waals surface area contributed by atoms with Crippen molar-refractivity contribution in [2.75, 3.05) is 5.32 Å². The Morgan fingerprint density at radius 1 is 1.60 bits per heavy atom. The maximum atomic E-state index is 12.0. The van der Waals surface area contributed by atoms with E-state index in [4.69, 9.17) is 16.9 Å². The monoisotopic (exact) mass is 307 g/mol. The Morgan fingerprint density at radius 3 is 3.00 bits per heavy atom. The third-order valence-corrected chi connectivity index (χ3v) is 3.71. The minimum absolute atomic E-state index is 0.188. The number of hydrogen-bond donors (Lipinski definition) is 2. The van der Waals surface area contributed by atoms with Crippen LogP contribution < -0.4 is 5.32 Å². The predicted octanol–water partition coefficient (Wildman–Crippen LogP) is 2.45. The Bertz CT molecular complexity index is 652. The zero-order chi connectivity index (χ0) is 14.5. The van der Waals surface area contributed by atoms with Crippen molar-refractivity contribution in [3.05, 3.63) is 35.1 Å². The fraction of sp³-hybridized carbons (Fsp3) is 0.167. The number of hydrogen-bond acceptors (Lipinski definition) is 5. The summed E-state index contributed by atoms with van der Waals surface area (Å²) < 4.78 is 0. The van der Waals surface area contributed by atoms with Gasteiger partial charge in [0.05, 0.1) is 15.8 Å². The van der Waals surface area contributed by atoms with Crippen LogP contribution in [0.5, 0.6) is 0 Å². The first-order valence-corrected chi connectivity index (χ1v) is 6.88. The normalized spacial score (nSPS) is 11.7. The summed E-state index contributed by atoms with van der Waals surface area (Å²) in [5.74, 6) is -0.188. The van der Waals surface area contributed by atoms with Crippen LogP contribution in [0.25, 0.3) is 0 Å². The summed E-state index contributed by atoms with van der Waals surface area (Å²) in [7, 11) is 0. The van der Waals surface area contributed by atoms with Crippen LogP contribution >= 0.6 is 23.4 Å². The molecule has 1 atom stereocenters. The molecule has 20 heavy (non-hydrogen) atoms. The summed E-state index contributed by atoms with van der Waals surface area (Å²) >= 11 is 7.17. The van der Waals surface area contributed by atoms with Gasteiger partial charge in [0.25, 0.3) is 0 Å². The van der Waals surface area contributed by atoms with Crippen molar-refractivity contribution in [2.24, 2.45) is 0 Å². The van der Waals surface area contributed by atoms with Crippen molar-refractivity contribution in [3.63, 3.8) is 0 Å². The maximum absolute atomic E-state index is 12.0. The van der Waals surface area contributed by atoms with E-state index in [1.807, 2.05) is 6.07 Å². The second-order valence-corrected chi connectivity index (χ2v) is 5.58. The zero-order valence-electron chi connectivity index (χ0n) is 10.4. The summed E-state index contributed by atoms with van der Waals surface area (Å²) in [5.41, 5.74) is 0.915. The Kier molecular flexibility index (Phi) is 4.61. The van der Waals surface area contributed by atoms with E-state index in [1.165, 1.54) is 18.1 Å². The lowest BCUT2D eigenvalue weighted by Gasteiger charge is -2.10. The highest BCUT2D eigenvalue weighted by Gasteiger charge is 2.16. The lowest BCUT2D eigenvalue weighted by atomic mass is 10.2. The van der Waals surface area contributed by atoms with Gasteiger partial charge < -0.3 is 5.32 Å². The van der Waals surface area contributed by atoms with Crippen molar-refractivity contribution in [1.82, 2.24) is 15.2 Å². The van der Waals surface area contributed by atoms with Gasteiger partial charge in [-0.3, -0.25) is 9.89 Å². The largest absolute Gasteiger partial charge is 0.325 e. The molecule has 2 N–H and O–H groups in total. The number of nitriles is 1. The average Bonchev–Trinajstić information content (AvgIpc) is 2.91. The number of halogens is 1. The number of rotatable bonds is 4. The topological polar surface area (TPSA) is 94.5 Å². The molecule has 1 heterocycles. The number of anilines is 1. The third kappa shape index (κ3) is 3.50. The lowest BCUT2D eigenvalue weighted by molar-refractivity contribution is -0.115. The van der Waals surface area contributed by atoms with Gasteiger partial charge in [-0.25, -0.2) is 4.98 Å². The van der Waals surface area contributed by atoms with Gasteiger partial charge in [-0.05, 0) is 25.1 Å². The summed E-state index contributed by atoms with van der Waals surface area (Å²) in [6, 6.07) is 6.70. The smallest absolute Gasteiger partial charge is 0.237 e. The first-order chi connectivity index (χ1) is 9.60. The molecule has 2 rings (SSSR count). The number of H-pyrrole nitrogens is 1. The molecular weight excluding hydrogens is 298 g/mol. The lowest BCUT2D eigenvalue weighted by Crippen LogP contribution is -2.22. The van der Waals surface area contributed by atoms with Gasteiger partial charge in [-0.2, -0.15) is 10.4 Å². The van der Waals surface area contributed by atoms with E-state index in [-0.39, 0.29) is 11.2 Å². The number of carbonyl (C=O) groups excluding carboxylic acids is 1. The summed E-state index contributed by atoms with van der Waals surface area (Å²) in [6.45, 7) is 1.76. The van der Waals surface area contributed by atoms with Crippen molar-refractivity contribution >= 4 is 35.0 Å². The second-order valence-electron chi connectivity index (χ2n) is 3.85. The molecule has 0 aliphatic carbocycles.